The molecule has 286 valence electrons. The predicted octanol–water partition coefficient (Wildman–Crippen LogP) is 9.42. The first kappa shape index (κ1) is 44.4. The maximum atomic E-state index is 13.5. The number of hydrogen-bond acceptors (Lipinski definition) is 10. The maximum Gasteiger partial charge on any atom is 0.294 e. The standard InChI is InChI=1S/C34H68O10P2S2/c1-8-10-13-18-30-21-23-32(24-22-30)44-48(39,40)29(4)42-34(7,25-9-2)46(36)27-17-12-16-26-45(35)33(5,6)41-28(3)47(37,38)43-31-19-14-11-15-20-31/h28-32,45-46H,8-27H2,1-7H3. The molecule has 0 amide bonds. The molecule has 0 aliphatic heterocycles. The molecule has 0 radical (unpaired) electrons. The normalized spacial score (nSPS) is 24.1. The molecule has 48 heavy (non-hydrogen) atoms. The van der Waals surface area contributed by atoms with Gasteiger partial charge in [0.25, 0.3) is 20.2 Å². The van der Waals surface area contributed by atoms with Gasteiger partial charge in [0.15, 0.2) is 10.9 Å². The van der Waals surface area contributed by atoms with Crippen LogP contribution in [0, 0.1) is 5.92 Å². The number of hydrogen-bond donors (Lipinski definition) is 0. The lowest BCUT2D eigenvalue weighted by atomic mass is 9.84. The zero-order valence-corrected chi connectivity index (χ0v) is 34.6. The Hall–Kier alpha value is 0.200. The van der Waals surface area contributed by atoms with Crippen LogP contribution in [0.3, 0.4) is 0 Å². The van der Waals surface area contributed by atoms with Gasteiger partial charge < -0.3 is 18.6 Å². The summed E-state index contributed by atoms with van der Waals surface area (Å²) in [6, 6.07) is 0. The van der Waals surface area contributed by atoms with E-state index in [-0.39, 0.29) is 12.2 Å². The van der Waals surface area contributed by atoms with Crippen molar-refractivity contribution in [2.75, 3.05) is 12.3 Å². The van der Waals surface area contributed by atoms with Crippen LogP contribution in [-0.2, 0) is 47.2 Å². The van der Waals surface area contributed by atoms with Gasteiger partial charge in [0, 0.05) is 12.3 Å². The lowest BCUT2D eigenvalue weighted by molar-refractivity contribution is 0.00249. The summed E-state index contributed by atoms with van der Waals surface area (Å²) in [7, 11) is -12.6. The molecule has 0 aromatic rings. The van der Waals surface area contributed by atoms with Crippen molar-refractivity contribution < 1.29 is 43.8 Å². The first-order valence-electron chi connectivity index (χ1n) is 18.7. The van der Waals surface area contributed by atoms with Crippen LogP contribution in [0.4, 0.5) is 0 Å². The molecule has 0 heterocycles. The molecule has 2 aliphatic rings. The Bertz CT molecular complexity index is 1200. The summed E-state index contributed by atoms with van der Waals surface area (Å²) in [4.78, 5) is 0. The van der Waals surface area contributed by atoms with E-state index in [1.807, 2.05) is 6.92 Å². The lowest BCUT2D eigenvalue weighted by Gasteiger charge is -2.33. The summed E-state index contributed by atoms with van der Waals surface area (Å²) < 4.78 is 101. The van der Waals surface area contributed by atoms with Crippen LogP contribution in [0.15, 0.2) is 0 Å². The summed E-state index contributed by atoms with van der Waals surface area (Å²) in [5.74, 6) is 0.644. The van der Waals surface area contributed by atoms with Gasteiger partial charge >= 0.3 is 0 Å². The topological polar surface area (TPSA) is 139 Å². The Morgan fingerprint density at radius 1 is 0.646 bits per heavy atom. The minimum atomic E-state index is -4.00. The molecule has 0 N–H and O–H groups in total. The van der Waals surface area contributed by atoms with E-state index in [1.54, 1.807) is 20.8 Å². The van der Waals surface area contributed by atoms with E-state index in [0.29, 0.717) is 63.2 Å². The van der Waals surface area contributed by atoms with Crippen molar-refractivity contribution >= 4 is 35.8 Å². The van der Waals surface area contributed by atoms with E-state index < -0.39 is 57.4 Å². The SMILES string of the molecule is CCCCCC1CCC(OS(=O)(=O)C(C)OC(C)(CCC)[PH](=O)CCCCC[PH](=O)C(C)(C)OC(C)S(=O)(=O)OC2CCCCC2)CC1. The van der Waals surface area contributed by atoms with E-state index in [2.05, 4.69) is 6.92 Å². The van der Waals surface area contributed by atoms with Crippen LogP contribution in [0.2, 0.25) is 0 Å². The second-order valence-corrected chi connectivity index (χ2v) is 23.5. The average Bonchev–Trinajstić information content (AvgIpc) is 3.01. The van der Waals surface area contributed by atoms with Crippen molar-refractivity contribution in [3.8, 4) is 0 Å². The molecule has 2 fully saturated rings. The minimum absolute atomic E-state index is 0.317. The summed E-state index contributed by atoms with van der Waals surface area (Å²) in [6.45, 7) is 12.1. The third-order valence-corrected chi connectivity index (χ3v) is 17.6. The second-order valence-electron chi connectivity index (χ2n) is 14.8. The lowest BCUT2D eigenvalue weighted by Crippen LogP contribution is -2.37. The Morgan fingerprint density at radius 3 is 1.71 bits per heavy atom. The zero-order chi connectivity index (χ0) is 36.0. The number of unbranched alkanes of at least 4 members (excludes halogenated alkanes) is 4. The van der Waals surface area contributed by atoms with Gasteiger partial charge in [-0.25, -0.2) is 0 Å². The Balaban J connectivity index is 1.79. The molecule has 0 bridgehead atoms. The molecule has 2 saturated carbocycles. The number of ether oxygens (including phenoxy) is 2. The first-order valence-corrected chi connectivity index (χ1v) is 24.9. The number of rotatable bonds is 24. The molecule has 0 saturated heterocycles. The van der Waals surface area contributed by atoms with Crippen molar-refractivity contribution in [1.82, 2.24) is 0 Å². The fraction of sp³-hybridized carbons (Fsp3) is 1.00. The van der Waals surface area contributed by atoms with E-state index in [1.165, 1.54) is 39.5 Å². The highest BCUT2D eigenvalue weighted by Gasteiger charge is 2.39. The Morgan fingerprint density at radius 2 is 1.17 bits per heavy atom. The van der Waals surface area contributed by atoms with Crippen LogP contribution in [0.5, 0.6) is 0 Å². The van der Waals surface area contributed by atoms with E-state index in [9.17, 15) is 26.0 Å². The van der Waals surface area contributed by atoms with Crippen LogP contribution in [-0.4, -0.2) is 62.9 Å². The molecule has 0 aromatic heterocycles. The Labute approximate surface area is 294 Å². The van der Waals surface area contributed by atoms with Gasteiger partial charge in [-0.1, -0.05) is 71.6 Å². The highest BCUT2D eigenvalue weighted by molar-refractivity contribution is 7.87. The van der Waals surface area contributed by atoms with Gasteiger partial charge in [0.2, 0.25) is 0 Å². The van der Waals surface area contributed by atoms with E-state index in [0.717, 1.165) is 44.9 Å². The molecule has 0 aromatic carbocycles. The summed E-state index contributed by atoms with van der Waals surface area (Å²) >= 11 is 0. The summed E-state index contributed by atoms with van der Waals surface area (Å²) in [5, 5.41) is -2.19. The van der Waals surface area contributed by atoms with Crippen LogP contribution >= 0.6 is 15.6 Å². The molecular weight excluding hydrogens is 694 g/mol. The molecule has 2 rings (SSSR count). The summed E-state index contributed by atoms with van der Waals surface area (Å²) in [6.07, 6.45) is 15.9. The van der Waals surface area contributed by atoms with Gasteiger partial charge in [0.1, 0.15) is 26.3 Å². The Kier molecular flexibility index (Phi) is 19.4. The molecule has 10 nitrogen and oxygen atoms in total. The van der Waals surface area contributed by atoms with Crippen LogP contribution < -0.4 is 0 Å². The van der Waals surface area contributed by atoms with Gasteiger partial charge in [0.05, 0.1) is 12.2 Å². The van der Waals surface area contributed by atoms with Crippen molar-refractivity contribution in [1.29, 1.82) is 0 Å². The monoisotopic (exact) mass is 762 g/mol. The minimum Gasteiger partial charge on any atom is -0.347 e. The van der Waals surface area contributed by atoms with Gasteiger partial charge in [-0.2, -0.15) is 16.8 Å². The van der Waals surface area contributed by atoms with Crippen LogP contribution in [0.25, 0.3) is 0 Å². The van der Waals surface area contributed by atoms with Crippen molar-refractivity contribution in [2.24, 2.45) is 5.92 Å². The highest BCUT2D eigenvalue weighted by Crippen LogP contribution is 2.46. The van der Waals surface area contributed by atoms with E-state index in [4.69, 9.17) is 17.8 Å². The summed E-state index contributed by atoms with van der Waals surface area (Å²) in [5.41, 5.74) is -2.45. The fourth-order valence-electron chi connectivity index (χ4n) is 6.92. The van der Waals surface area contributed by atoms with Gasteiger partial charge in [-0.3, -0.25) is 8.37 Å². The first-order chi connectivity index (χ1) is 22.5. The third-order valence-electron chi connectivity index (χ3n) is 10.1. The maximum absolute atomic E-state index is 13.5. The highest BCUT2D eigenvalue weighted by atomic mass is 32.2. The molecule has 2 aliphatic carbocycles. The van der Waals surface area contributed by atoms with Gasteiger partial charge in [-0.05, 0) is 98.3 Å². The van der Waals surface area contributed by atoms with Crippen molar-refractivity contribution in [3.05, 3.63) is 0 Å². The van der Waals surface area contributed by atoms with Gasteiger partial charge in [-0.15, -0.1) is 0 Å². The average molecular weight is 763 g/mol. The van der Waals surface area contributed by atoms with Crippen molar-refractivity contribution in [3.63, 3.8) is 0 Å². The fourth-order valence-corrected chi connectivity index (χ4v) is 12.7. The van der Waals surface area contributed by atoms with E-state index >= 15 is 0 Å². The molecule has 5 atom stereocenters. The third kappa shape index (κ3) is 15.0. The van der Waals surface area contributed by atoms with Crippen molar-refractivity contribution in [2.45, 2.75) is 198 Å². The van der Waals surface area contributed by atoms with Crippen LogP contribution in [0.1, 0.15) is 164 Å². The molecular formula is C34H68O10P2S2. The molecule has 5 unspecified atom stereocenters. The quantitative estimate of drug-likeness (QED) is 0.0531. The predicted molar refractivity (Wildman–Crippen MR) is 197 cm³/mol. The smallest absolute Gasteiger partial charge is 0.294 e. The molecule has 14 heteroatoms. The zero-order valence-electron chi connectivity index (χ0n) is 30.9. The second kappa shape index (κ2) is 21.0. The largest absolute Gasteiger partial charge is 0.347 e. The molecule has 0 spiro atoms.